The van der Waals surface area contributed by atoms with E-state index in [1.807, 2.05) is 0 Å². The molecule has 22 heavy (non-hydrogen) atoms. The van der Waals surface area contributed by atoms with Crippen molar-refractivity contribution in [3.63, 3.8) is 0 Å². The van der Waals surface area contributed by atoms with E-state index in [0.29, 0.717) is 11.8 Å². The third-order valence-corrected chi connectivity index (χ3v) is 3.87. The summed E-state index contributed by atoms with van der Waals surface area (Å²) in [5, 5.41) is 0. The number of ether oxygens (including phenoxy) is 2. The van der Waals surface area contributed by atoms with E-state index in [9.17, 15) is 18.8 Å². The zero-order valence-electron chi connectivity index (χ0n) is 12.4. The summed E-state index contributed by atoms with van der Waals surface area (Å²) in [6.07, 6.45) is 0.557. The average Bonchev–Trinajstić information content (AvgIpc) is 3.18. The fourth-order valence-corrected chi connectivity index (χ4v) is 2.85. The first-order valence-corrected chi connectivity index (χ1v) is 7.09. The maximum absolute atomic E-state index is 13.0. The van der Waals surface area contributed by atoms with E-state index in [0.717, 1.165) is 0 Å². The van der Waals surface area contributed by atoms with Crippen LogP contribution in [0.1, 0.15) is 25.3 Å². The highest BCUT2D eigenvalue weighted by molar-refractivity contribution is 6.09. The van der Waals surface area contributed by atoms with E-state index in [1.54, 1.807) is 13.8 Å². The number of benzene rings is 1. The van der Waals surface area contributed by atoms with Gasteiger partial charge in [0.2, 0.25) is 0 Å². The Hall–Kier alpha value is -2.24. The number of hydrogen-bond acceptors (Lipinski definition) is 5. The standard InChI is InChI=1S/C16H17FO5/c1-3-21-14(19)16(15(20)22-4-2)12(9-18)13(16)10-5-7-11(17)8-6-10/h5-9,12-13H,3-4H2,1-2H3/t12-,13-/m0/s1. The molecule has 0 aromatic heterocycles. The fourth-order valence-electron chi connectivity index (χ4n) is 2.85. The van der Waals surface area contributed by atoms with Crippen molar-refractivity contribution in [1.82, 2.24) is 0 Å². The van der Waals surface area contributed by atoms with Gasteiger partial charge in [-0.1, -0.05) is 12.1 Å². The van der Waals surface area contributed by atoms with E-state index < -0.39 is 35.0 Å². The molecule has 0 unspecified atom stereocenters. The van der Waals surface area contributed by atoms with Crippen LogP contribution in [0.5, 0.6) is 0 Å². The van der Waals surface area contributed by atoms with E-state index in [4.69, 9.17) is 9.47 Å². The fraction of sp³-hybridized carbons (Fsp3) is 0.438. The molecule has 0 bridgehead atoms. The second-order valence-corrected chi connectivity index (χ2v) is 5.00. The van der Waals surface area contributed by atoms with Crippen molar-refractivity contribution < 1.29 is 28.2 Å². The number of halogens is 1. The zero-order valence-corrected chi connectivity index (χ0v) is 12.4. The predicted molar refractivity (Wildman–Crippen MR) is 74.4 cm³/mol. The average molecular weight is 308 g/mol. The van der Waals surface area contributed by atoms with Gasteiger partial charge < -0.3 is 14.3 Å². The monoisotopic (exact) mass is 308 g/mol. The van der Waals surface area contributed by atoms with E-state index in [-0.39, 0.29) is 13.2 Å². The molecule has 2 rings (SSSR count). The number of rotatable bonds is 6. The molecule has 0 aliphatic heterocycles. The maximum atomic E-state index is 13.0. The van der Waals surface area contributed by atoms with Crippen LogP contribution in [0, 0.1) is 17.2 Å². The third kappa shape index (κ3) is 2.38. The lowest BCUT2D eigenvalue weighted by atomic mass is 9.98. The molecule has 6 heteroatoms. The largest absolute Gasteiger partial charge is 0.465 e. The Bertz CT molecular complexity index is 563. The minimum absolute atomic E-state index is 0.0850. The van der Waals surface area contributed by atoms with Gasteiger partial charge in [0.05, 0.1) is 19.1 Å². The van der Waals surface area contributed by atoms with Gasteiger partial charge in [-0.05, 0) is 31.5 Å². The SMILES string of the molecule is CCOC(=O)C1(C(=O)OCC)[C@@H](C=O)[C@@H]1c1ccc(F)cc1. The van der Waals surface area contributed by atoms with Crippen molar-refractivity contribution in [2.24, 2.45) is 11.3 Å². The number of carbonyl (C=O) groups is 3. The van der Waals surface area contributed by atoms with Crippen molar-refractivity contribution >= 4 is 18.2 Å². The van der Waals surface area contributed by atoms with Crippen LogP contribution < -0.4 is 0 Å². The molecule has 1 aromatic carbocycles. The third-order valence-electron chi connectivity index (χ3n) is 3.87. The van der Waals surface area contributed by atoms with Crippen molar-refractivity contribution in [1.29, 1.82) is 0 Å². The van der Waals surface area contributed by atoms with E-state index in [2.05, 4.69) is 0 Å². The van der Waals surface area contributed by atoms with Crippen molar-refractivity contribution in [3.8, 4) is 0 Å². The van der Waals surface area contributed by atoms with Crippen molar-refractivity contribution in [2.75, 3.05) is 13.2 Å². The van der Waals surface area contributed by atoms with Gasteiger partial charge in [0.1, 0.15) is 12.1 Å². The summed E-state index contributed by atoms with van der Waals surface area (Å²) in [5.74, 6) is -3.55. The molecule has 0 spiro atoms. The molecule has 0 N–H and O–H groups in total. The van der Waals surface area contributed by atoms with Crippen LogP contribution in [0.4, 0.5) is 4.39 Å². The van der Waals surface area contributed by atoms with Crippen LogP contribution in [0.25, 0.3) is 0 Å². The molecule has 5 nitrogen and oxygen atoms in total. The molecule has 1 fully saturated rings. The van der Waals surface area contributed by atoms with Crippen LogP contribution in [0.15, 0.2) is 24.3 Å². The van der Waals surface area contributed by atoms with Gasteiger partial charge in [-0.15, -0.1) is 0 Å². The van der Waals surface area contributed by atoms with Gasteiger partial charge in [-0.25, -0.2) is 4.39 Å². The first-order chi connectivity index (χ1) is 10.5. The van der Waals surface area contributed by atoms with Gasteiger partial charge in [0.15, 0.2) is 5.41 Å². The minimum Gasteiger partial charge on any atom is -0.465 e. The summed E-state index contributed by atoms with van der Waals surface area (Å²) in [6, 6.07) is 5.35. The highest BCUT2D eigenvalue weighted by Crippen LogP contribution is 2.65. The van der Waals surface area contributed by atoms with E-state index >= 15 is 0 Å². The molecule has 0 heterocycles. The van der Waals surface area contributed by atoms with Crippen LogP contribution in [-0.4, -0.2) is 31.4 Å². The Balaban J connectivity index is 2.43. The minimum atomic E-state index is -1.66. The molecule has 2 atom stereocenters. The maximum Gasteiger partial charge on any atom is 0.324 e. The summed E-state index contributed by atoms with van der Waals surface area (Å²) < 4.78 is 23.0. The van der Waals surface area contributed by atoms with Crippen LogP contribution >= 0.6 is 0 Å². The summed E-state index contributed by atoms with van der Waals surface area (Å²) in [5.41, 5.74) is -1.13. The van der Waals surface area contributed by atoms with E-state index in [1.165, 1.54) is 24.3 Å². The predicted octanol–water partition coefficient (Wildman–Crippen LogP) is 1.85. The van der Waals surface area contributed by atoms with Crippen LogP contribution in [0.2, 0.25) is 0 Å². The normalized spacial score (nSPS) is 21.8. The molecule has 1 aromatic rings. The molecule has 118 valence electrons. The first kappa shape index (κ1) is 16.1. The van der Waals surface area contributed by atoms with Gasteiger partial charge in [-0.2, -0.15) is 0 Å². The van der Waals surface area contributed by atoms with Gasteiger partial charge in [-0.3, -0.25) is 9.59 Å². The second kappa shape index (κ2) is 6.25. The first-order valence-electron chi connectivity index (χ1n) is 7.09. The van der Waals surface area contributed by atoms with Crippen molar-refractivity contribution in [3.05, 3.63) is 35.6 Å². The lowest BCUT2D eigenvalue weighted by Gasteiger charge is -2.15. The Morgan fingerprint density at radius 1 is 1.14 bits per heavy atom. The summed E-state index contributed by atoms with van der Waals surface area (Å²) in [4.78, 5) is 36.0. The number of carbonyl (C=O) groups excluding carboxylic acids is 3. The number of esters is 2. The van der Waals surface area contributed by atoms with Gasteiger partial charge in [0, 0.05) is 5.92 Å². The second-order valence-electron chi connectivity index (χ2n) is 5.00. The Kier molecular flexibility index (Phi) is 4.59. The molecule has 1 aliphatic rings. The Morgan fingerprint density at radius 3 is 2.05 bits per heavy atom. The lowest BCUT2D eigenvalue weighted by molar-refractivity contribution is -0.165. The van der Waals surface area contributed by atoms with Crippen molar-refractivity contribution in [2.45, 2.75) is 19.8 Å². The zero-order chi connectivity index (χ0) is 16.3. The molecule has 0 radical (unpaired) electrons. The summed E-state index contributed by atoms with van der Waals surface area (Å²) >= 11 is 0. The summed E-state index contributed by atoms with van der Waals surface area (Å²) in [7, 11) is 0. The smallest absolute Gasteiger partial charge is 0.324 e. The quantitative estimate of drug-likeness (QED) is 0.456. The van der Waals surface area contributed by atoms with Crippen LogP contribution in [-0.2, 0) is 23.9 Å². The van der Waals surface area contributed by atoms with Gasteiger partial charge >= 0.3 is 11.9 Å². The molecule has 1 saturated carbocycles. The van der Waals surface area contributed by atoms with Gasteiger partial charge in [0.25, 0.3) is 0 Å². The topological polar surface area (TPSA) is 69.7 Å². The number of hydrogen-bond donors (Lipinski definition) is 0. The highest BCUT2D eigenvalue weighted by atomic mass is 19.1. The summed E-state index contributed by atoms with van der Waals surface area (Å²) in [6.45, 7) is 3.40. The number of aldehydes is 1. The lowest BCUT2D eigenvalue weighted by Crippen LogP contribution is -2.33. The Labute approximate surface area is 127 Å². The molecule has 0 saturated heterocycles. The Morgan fingerprint density at radius 2 is 1.64 bits per heavy atom. The molecule has 0 amide bonds. The van der Waals surface area contributed by atoms with Crippen LogP contribution in [0.3, 0.4) is 0 Å². The molecule has 1 aliphatic carbocycles. The highest BCUT2D eigenvalue weighted by Gasteiger charge is 2.77. The molecular formula is C16H17FO5. The molecular weight excluding hydrogens is 291 g/mol.